The van der Waals surface area contributed by atoms with Gasteiger partial charge in [-0.2, -0.15) is 0 Å². The van der Waals surface area contributed by atoms with Crippen LogP contribution in [-0.2, 0) is 22.4 Å². The molecule has 4 aromatic carbocycles. The minimum atomic E-state index is -1.47. The zero-order valence-electron chi connectivity index (χ0n) is 23.6. The first kappa shape index (κ1) is 32.0. The molecule has 0 aromatic heterocycles. The Labute approximate surface area is 274 Å². The molecule has 0 unspecified atom stereocenters. The monoisotopic (exact) mass is 698 g/mol. The number of hydrogen-bond acceptors (Lipinski definition) is 5. The predicted octanol–water partition coefficient (Wildman–Crippen LogP) is 7.51. The molecule has 4 aromatic rings. The molecule has 10 heteroatoms. The minimum Gasteiger partial charge on any atom is -0.494 e. The highest BCUT2D eigenvalue weighted by atomic mass is 79.9. The summed E-state index contributed by atoms with van der Waals surface area (Å²) in [4.78, 5) is 19.4. The zero-order valence-corrected chi connectivity index (χ0v) is 26.7. The second kappa shape index (κ2) is 14.6. The molecule has 0 bridgehead atoms. The average molecular weight is 700 g/mol. The molecular weight excluding hydrogens is 670 g/mol. The Kier molecular flexibility index (Phi) is 10.6. The summed E-state index contributed by atoms with van der Waals surface area (Å²) < 4.78 is 27.4. The van der Waals surface area contributed by atoms with Gasteiger partial charge in [0.1, 0.15) is 11.6 Å². The van der Waals surface area contributed by atoms with Crippen LogP contribution in [0, 0.1) is 5.82 Å². The molecule has 0 aliphatic carbocycles. The lowest BCUT2D eigenvalue weighted by Crippen LogP contribution is -2.50. The molecule has 0 spiro atoms. The van der Waals surface area contributed by atoms with E-state index < -0.39 is 11.6 Å². The van der Waals surface area contributed by atoms with Gasteiger partial charge in [-0.1, -0.05) is 75.5 Å². The summed E-state index contributed by atoms with van der Waals surface area (Å²) in [6, 6.07) is 26.4. The Morgan fingerprint density at radius 3 is 2.50 bits per heavy atom. The first-order valence-electron chi connectivity index (χ1n) is 14.1. The number of ether oxygens (including phenoxy) is 2. The van der Waals surface area contributed by atoms with E-state index in [-0.39, 0.29) is 37.2 Å². The summed E-state index contributed by atoms with van der Waals surface area (Å²) in [6.07, 6.45) is 0.112. The number of halogens is 4. The van der Waals surface area contributed by atoms with E-state index in [4.69, 9.17) is 42.8 Å². The van der Waals surface area contributed by atoms with Crippen LogP contribution in [0.2, 0.25) is 10.0 Å². The normalized spacial score (nSPS) is 17.6. The van der Waals surface area contributed by atoms with Crippen molar-refractivity contribution in [3.05, 3.63) is 134 Å². The SMILES string of the molecule is O=C(NCCc1ccccc1F)[C@]1(Cc2ccc(Br)cc2)N=C(c2ccc(OCCCO)cc2)O[C@@H]1c1ccc(Cl)cc1Cl. The van der Waals surface area contributed by atoms with E-state index in [1.807, 2.05) is 24.3 Å². The van der Waals surface area contributed by atoms with Crippen molar-refractivity contribution in [1.82, 2.24) is 5.32 Å². The van der Waals surface area contributed by atoms with Gasteiger partial charge in [0.25, 0.3) is 5.91 Å². The average Bonchev–Trinajstić information content (AvgIpc) is 3.39. The summed E-state index contributed by atoms with van der Waals surface area (Å²) in [5, 5.41) is 12.8. The number of benzene rings is 4. The minimum absolute atomic E-state index is 0.0418. The van der Waals surface area contributed by atoms with Crippen LogP contribution < -0.4 is 10.1 Å². The molecule has 1 aliphatic heterocycles. The fourth-order valence-electron chi connectivity index (χ4n) is 5.05. The van der Waals surface area contributed by atoms with Crippen LogP contribution in [0.5, 0.6) is 5.75 Å². The van der Waals surface area contributed by atoms with Gasteiger partial charge in [-0.05, 0) is 72.1 Å². The molecule has 2 N–H and O–H groups in total. The lowest BCUT2D eigenvalue weighted by atomic mass is 9.82. The standard InChI is InChI=1S/C34H30BrCl2FN2O4/c35-25-10-6-22(7-11-25)21-34(33(42)39-17-16-23-4-1-2-5-30(23)38)31(28-15-12-26(36)20-29(28)37)44-32(40-34)24-8-13-27(14-9-24)43-19-3-18-41/h1-2,4-15,20,31,41H,3,16-19,21H2,(H,39,42)/t31-,34-/m1/s1. The van der Waals surface area contributed by atoms with Crippen molar-refractivity contribution in [2.45, 2.75) is 30.9 Å². The number of nitrogens with one attached hydrogen (secondary N) is 1. The molecule has 44 heavy (non-hydrogen) atoms. The molecule has 1 amide bonds. The Morgan fingerprint density at radius 1 is 1.05 bits per heavy atom. The van der Waals surface area contributed by atoms with Gasteiger partial charge in [0.05, 0.1) is 6.61 Å². The van der Waals surface area contributed by atoms with Gasteiger partial charge in [0.15, 0.2) is 11.6 Å². The van der Waals surface area contributed by atoms with Crippen molar-refractivity contribution in [1.29, 1.82) is 0 Å². The van der Waals surface area contributed by atoms with Gasteiger partial charge in [0, 0.05) is 51.6 Å². The fraction of sp³-hybridized carbons (Fsp3) is 0.235. The molecule has 5 rings (SSSR count). The van der Waals surface area contributed by atoms with Crippen molar-refractivity contribution >= 4 is 50.9 Å². The molecule has 1 heterocycles. The number of carbonyl (C=O) groups excluding carboxylic acids is 1. The Bertz CT molecular complexity index is 1640. The van der Waals surface area contributed by atoms with Gasteiger partial charge in [-0.3, -0.25) is 4.79 Å². The van der Waals surface area contributed by atoms with E-state index in [2.05, 4.69) is 21.2 Å². The van der Waals surface area contributed by atoms with Crippen molar-refractivity contribution in [2.75, 3.05) is 19.8 Å². The van der Waals surface area contributed by atoms with Crippen LogP contribution in [0.4, 0.5) is 4.39 Å². The van der Waals surface area contributed by atoms with Crippen LogP contribution in [0.25, 0.3) is 0 Å². The third-order valence-electron chi connectivity index (χ3n) is 7.30. The van der Waals surface area contributed by atoms with Crippen molar-refractivity contribution in [2.24, 2.45) is 4.99 Å². The van der Waals surface area contributed by atoms with E-state index in [1.165, 1.54) is 6.07 Å². The first-order chi connectivity index (χ1) is 21.3. The highest BCUT2D eigenvalue weighted by Gasteiger charge is 2.53. The quantitative estimate of drug-likeness (QED) is 0.150. The highest BCUT2D eigenvalue weighted by molar-refractivity contribution is 9.10. The van der Waals surface area contributed by atoms with Crippen molar-refractivity contribution < 1.29 is 23.8 Å². The Hall–Kier alpha value is -3.43. The second-order valence-corrected chi connectivity index (χ2v) is 12.1. The van der Waals surface area contributed by atoms with Crippen LogP contribution in [0.15, 0.2) is 100 Å². The number of aliphatic imine (C=N–C) groups is 1. The summed E-state index contributed by atoms with van der Waals surface area (Å²) in [5.74, 6) is 0.187. The van der Waals surface area contributed by atoms with Gasteiger partial charge in [-0.15, -0.1) is 0 Å². The first-order valence-corrected chi connectivity index (χ1v) is 15.7. The number of aliphatic hydroxyl groups is 1. The third kappa shape index (κ3) is 7.44. The maximum Gasteiger partial charge on any atom is 0.252 e. The van der Waals surface area contributed by atoms with Crippen molar-refractivity contribution in [3.63, 3.8) is 0 Å². The van der Waals surface area contributed by atoms with E-state index >= 15 is 0 Å². The molecule has 0 fully saturated rings. The maximum absolute atomic E-state index is 14.3. The molecule has 228 valence electrons. The Balaban J connectivity index is 1.54. The molecule has 6 nitrogen and oxygen atoms in total. The number of hydrogen-bond donors (Lipinski definition) is 2. The predicted molar refractivity (Wildman–Crippen MR) is 174 cm³/mol. The lowest BCUT2D eigenvalue weighted by molar-refractivity contribution is -0.128. The third-order valence-corrected chi connectivity index (χ3v) is 8.39. The lowest BCUT2D eigenvalue weighted by Gasteiger charge is -2.31. The largest absolute Gasteiger partial charge is 0.494 e. The fourth-order valence-corrected chi connectivity index (χ4v) is 5.82. The number of rotatable bonds is 12. The van der Waals surface area contributed by atoms with Crippen LogP contribution in [-0.4, -0.2) is 42.2 Å². The topological polar surface area (TPSA) is 80.2 Å². The number of carbonyl (C=O) groups is 1. The van der Waals surface area contributed by atoms with Gasteiger partial charge >= 0.3 is 0 Å². The summed E-state index contributed by atoms with van der Waals surface area (Å²) in [5.41, 5.74) is 1.09. The Morgan fingerprint density at radius 2 is 1.80 bits per heavy atom. The van der Waals surface area contributed by atoms with E-state index in [9.17, 15) is 9.18 Å². The summed E-state index contributed by atoms with van der Waals surface area (Å²) in [7, 11) is 0. The number of amides is 1. The molecular formula is C34H30BrCl2FN2O4. The molecule has 0 saturated carbocycles. The van der Waals surface area contributed by atoms with E-state index in [0.29, 0.717) is 51.9 Å². The van der Waals surface area contributed by atoms with Gasteiger partial charge in [0.2, 0.25) is 5.90 Å². The highest BCUT2D eigenvalue weighted by Crippen LogP contribution is 2.45. The molecule has 1 aliphatic rings. The van der Waals surface area contributed by atoms with E-state index in [0.717, 1.165) is 10.0 Å². The van der Waals surface area contributed by atoms with Crippen LogP contribution >= 0.6 is 39.1 Å². The summed E-state index contributed by atoms with van der Waals surface area (Å²) >= 11 is 16.4. The smallest absolute Gasteiger partial charge is 0.252 e. The second-order valence-electron chi connectivity index (χ2n) is 10.4. The maximum atomic E-state index is 14.3. The molecule has 0 radical (unpaired) electrons. The van der Waals surface area contributed by atoms with Crippen molar-refractivity contribution in [3.8, 4) is 5.75 Å². The molecule has 2 atom stereocenters. The molecule has 0 saturated heterocycles. The van der Waals surface area contributed by atoms with Crippen LogP contribution in [0.3, 0.4) is 0 Å². The van der Waals surface area contributed by atoms with Gasteiger partial charge in [-0.25, -0.2) is 9.38 Å². The van der Waals surface area contributed by atoms with Crippen LogP contribution in [0.1, 0.15) is 34.8 Å². The number of nitrogens with zero attached hydrogens (tertiary/aromatic N) is 1. The van der Waals surface area contributed by atoms with E-state index in [1.54, 1.807) is 60.7 Å². The zero-order chi connectivity index (χ0) is 31.1. The number of aliphatic hydroxyl groups excluding tert-OH is 1. The summed E-state index contributed by atoms with van der Waals surface area (Å²) in [6.45, 7) is 0.613. The van der Waals surface area contributed by atoms with Gasteiger partial charge < -0.3 is 19.9 Å².